The third kappa shape index (κ3) is 6.07. The predicted octanol–water partition coefficient (Wildman–Crippen LogP) is 4.94. The van der Waals surface area contributed by atoms with Crippen molar-refractivity contribution in [3.63, 3.8) is 0 Å². The van der Waals surface area contributed by atoms with Crippen LogP contribution in [0.5, 0.6) is 0 Å². The van der Waals surface area contributed by atoms with Gasteiger partial charge in [-0.1, -0.05) is 11.6 Å². The molecule has 0 aliphatic carbocycles. The molecule has 6 heteroatoms. The Morgan fingerprint density at radius 1 is 1.00 bits per heavy atom. The van der Waals surface area contributed by atoms with Gasteiger partial charge in [-0.3, -0.25) is 9.59 Å². The standard InChI is InChI=1S/C20H23ClN2O2S/c1-3-23(4-2)20(25)15-5-9-17(10-6-15)22-19(24)13-14-26-18-11-7-16(21)8-12-18/h5-12H,3-4,13-14H2,1-2H3,(H,22,24). The average Bonchev–Trinajstić information content (AvgIpc) is 2.65. The Hall–Kier alpha value is -1.98. The number of carbonyl (C=O) groups excluding carboxylic acids is 2. The fourth-order valence-electron chi connectivity index (χ4n) is 2.41. The first-order valence-corrected chi connectivity index (χ1v) is 9.97. The first-order chi connectivity index (χ1) is 12.5. The van der Waals surface area contributed by atoms with Gasteiger partial charge in [0.05, 0.1) is 0 Å². The molecule has 0 atom stereocenters. The van der Waals surface area contributed by atoms with Gasteiger partial charge in [0, 0.05) is 46.4 Å². The van der Waals surface area contributed by atoms with Gasteiger partial charge in [-0.15, -0.1) is 11.8 Å². The van der Waals surface area contributed by atoms with Gasteiger partial charge >= 0.3 is 0 Å². The SMILES string of the molecule is CCN(CC)C(=O)c1ccc(NC(=O)CCSc2ccc(Cl)cc2)cc1. The molecule has 26 heavy (non-hydrogen) atoms. The molecule has 2 amide bonds. The number of anilines is 1. The molecule has 2 aromatic rings. The molecule has 0 aromatic heterocycles. The second-order valence-corrected chi connectivity index (χ2v) is 7.26. The number of nitrogens with one attached hydrogen (secondary N) is 1. The summed E-state index contributed by atoms with van der Waals surface area (Å²) in [6, 6.07) is 14.6. The van der Waals surface area contributed by atoms with Crippen molar-refractivity contribution in [2.24, 2.45) is 0 Å². The summed E-state index contributed by atoms with van der Waals surface area (Å²) >= 11 is 7.47. The van der Waals surface area contributed by atoms with Crippen LogP contribution in [0.2, 0.25) is 5.02 Å². The van der Waals surface area contributed by atoms with Gasteiger partial charge in [0.25, 0.3) is 5.91 Å². The minimum Gasteiger partial charge on any atom is -0.339 e. The zero-order valence-corrected chi connectivity index (χ0v) is 16.6. The molecule has 0 aliphatic rings. The van der Waals surface area contributed by atoms with Crippen molar-refractivity contribution in [3.05, 3.63) is 59.1 Å². The highest BCUT2D eigenvalue weighted by atomic mass is 35.5. The van der Waals surface area contributed by atoms with E-state index in [9.17, 15) is 9.59 Å². The molecule has 0 fully saturated rings. The molecule has 0 aliphatic heterocycles. The molecule has 0 spiro atoms. The summed E-state index contributed by atoms with van der Waals surface area (Å²) in [4.78, 5) is 27.2. The molecular formula is C20H23ClN2O2S. The van der Waals surface area contributed by atoms with Crippen molar-refractivity contribution < 1.29 is 9.59 Å². The summed E-state index contributed by atoms with van der Waals surface area (Å²) in [5.74, 6) is 0.646. The largest absolute Gasteiger partial charge is 0.339 e. The summed E-state index contributed by atoms with van der Waals surface area (Å²) in [5.41, 5.74) is 1.33. The van der Waals surface area contributed by atoms with Crippen molar-refractivity contribution in [2.75, 3.05) is 24.2 Å². The highest BCUT2D eigenvalue weighted by Crippen LogP contribution is 2.21. The molecule has 0 saturated heterocycles. The molecule has 0 unspecified atom stereocenters. The van der Waals surface area contributed by atoms with Crippen LogP contribution in [0.1, 0.15) is 30.6 Å². The van der Waals surface area contributed by atoms with Gasteiger partial charge < -0.3 is 10.2 Å². The molecule has 0 radical (unpaired) electrons. The molecule has 1 N–H and O–H groups in total. The third-order valence-electron chi connectivity index (χ3n) is 3.88. The van der Waals surface area contributed by atoms with E-state index in [2.05, 4.69) is 5.32 Å². The number of amides is 2. The lowest BCUT2D eigenvalue weighted by atomic mass is 10.1. The van der Waals surface area contributed by atoms with E-state index in [0.29, 0.717) is 41.5 Å². The monoisotopic (exact) mass is 390 g/mol. The average molecular weight is 391 g/mol. The Balaban J connectivity index is 1.81. The zero-order valence-electron chi connectivity index (χ0n) is 15.0. The van der Waals surface area contributed by atoms with E-state index in [1.165, 1.54) is 0 Å². The van der Waals surface area contributed by atoms with E-state index < -0.39 is 0 Å². The molecule has 0 bridgehead atoms. The highest BCUT2D eigenvalue weighted by molar-refractivity contribution is 7.99. The minimum atomic E-state index is -0.0470. The van der Waals surface area contributed by atoms with Crippen molar-refractivity contribution in [3.8, 4) is 0 Å². The van der Waals surface area contributed by atoms with E-state index in [-0.39, 0.29) is 11.8 Å². The van der Waals surface area contributed by atoms with Gasteiger partial charge in [0.1, 0.15) is 0 Å². The summed E-state index contributed by atoms with van der Waals surface area (Å²) < 4.78 is 0. The molecular weight excluding hydrogens is 368 g/mol. The number of benzene rings is 2. The summed E-state index contributed by atoms with van der Waals surface area (Å²) in [6.45, 7) is 5.27. The molecule has 2 aromatic carbocycles. The van der Waals surface area contributed by atoms with Crippen LogP contribution < -0.4 is 5.32 Å². The van der Waals surface area contributed by atoms with Crippen LogP contribution >= 0.6 is 23.4 Å². The second kappa shape index (κ2) is 10.2. The van der Waals surface area contributed by atoms with Crippen LogP contribution in [0.15, 0.2) is 53.4 Å². The highest BCUT2D eigenvalue weighted by Gasteiger charge is 2.12. The van der Waals surface area contributed by atoms with Crippen LogP contribution in [0.25, 0.3) is 0 Å². The number of hydrogen-bond donors (Lipinski definition) is 1. The number of nitrogens with zero attached hydrogens (tertiary/aromatic N) is 1. The normalized spacial score (nSPS) is 10.4. The maximum absolute atomic E-state index is 12.3. The van der Waals surface area contributed by atoms with Gasteiger partial charge in [-0.2, -0.15) is 0 Å². The van der Waals surface area contributed by atoms with Crippen LogP contribution in [-0.2, 0) is 4.79 Å². The van der Waals surface area contributed by atoms with Crippen LogP contribution in [0.3, 0.4) is 0 Å². The lowest BCUT2D eigenvalue weighted by molar-refractivity contribution is -0.115. The Kier molecular flexibility index (Phi) is 8.01. The van der Waals surface area contributed by atoms with Gasteiger partial charge in [-0.05, 0) is 62.4 Å². The lowest BCUT2D eigenvalue weighted by Crippen LogP contribution is -2.30. The Labute approximate surface area is 163 Å². The van der Waals surface area contributed by atoms with E-state index in [4.69, 9.17) is 11.6 Å². The van der Waals surface area contributed by atoms with Gasteiger partial charge in [0.15, 0.2) is 0 Å². The van der Waals surface area contributed by atoms with Crippen LogP contribution in [0.4, 0.5) is 5.69 Å². The predicted molar refractivity (Wildman–Crippen MR) is 109 cm³/mol. The Bertz CT molecular complexity index is 728. The van der Waals surface area contributed by atoms with Crippen molar-refractivity contribution in [2.45, 2.75) is 25.2 Å². The van der Waals surface area contributed by atoms with Crippen molar-refractivity contribution in [1.82, 2.24) is 4.90 Å². The summed E-state index contributed by atoms with van der Waals surface area (Å²) in [7, 11) is 0. The van der Waals surface area contributed by atoms with Crippen molar-refractivity contribution >= 4 is 40.9 Å². The molecule has 0 heterocycles. The minimum absolute atomic E-state index is 0.00670. The molecule has 2 rings (SSSR count). The number of thioether (sulfide) groups is 1. The Morgan fingerprint density at radius 3 is 2.19 bits per heavy atom. The smallest absolute Gasteiger partial charge is 0.253 e. The van der Waals surface area contributed by atoms with Crippen LogP contribution in [-0.4, -0.2) is 35.6 Å². The number of hydrogen-bond acceptors (Lipinski definition) is 3. The Morgan fingerprint density at radius 2 is 1.62 bits per heavy atom. The molecule has 4 nitrogen and oxygen atoms in total. The number of halogens is 1. The fourth-order valence-corrected chi connectivity index (χ4v) is 3.38. The quantitative estimate of drug-likeness (QED) is 0.649. The van der Waals surface area contributed by atoms with E-state index in [1.54, 1.807) is 40.9 Å². The van der Waals surface area contributed by atoms with Gasteiger partial charge in [0.2, 0.25) is 5.91 Å². The molecule has 138 valence electrons. The number of rotatable bonds is 8. The van der Waals surface area contributed by atoms with E-state index in [0.717, 1.165) is 4.90 Å². The lowest BCUT2D eigenvalue weighted by Gasteiger charge is -2.18. The maximum atomic E-state index is 12.3. The topological polar surface area (TPSA) is 49.4 Å². The summed E-state index contributed by atoms with van der Waals surface area (Å²) in [6.07, 6.45) is 0.410. The summed E-state index contributed by atoms with van der Waals surface area (Å²) in [5, 5.41) is 3.57. The third-order valence-corrected chi connectivity index (χ3v) is 5.14. The fraction of sp³-hybridized carbons (Fsp3) is 0.300. The second-order valence-electron chi connectivity index (χ2n) is 5.66. The first-order valence-electron chi connectivity index (χ1n) is 8.61. The number of carbonyl (C=O) groups is 2. The molecule has 0 saturated carbocycles. The zero-order chi connectivity index (χ0) is 18.9. The van der Waals surface area contributed by atoms with Gasteiger partial charge in [-0.25, -0.2) is 0 Å². The van der Waals surface area contributed by atoms with E-state index >= 15 is 0 Å². The van der Waals surface area contributed by atoms with E-state index in [1.807, 2.05) is 38.1 Å². The van der Waals surface area contributed by atoms with Crippen molar-refractivity contribution in [1.29, 1.82) is 0 Å². The first kappa shape index (κ1) is 20.3. The maximum Gasteiger partial charge on any atom is 0.253 e. The van der Waals surface area contributed by atoms with Crippen LogP contribution in [0, 0.1) is 0 Å².